The maximum Gasteiger partial charge on any atom is 0.516 e. The van der Waals surface area contributed by atoms with Crippen molar-refractivity contribution >= 4 is 12.1 Å². The maximum atomic E-state index is 10.9. The van der Waals surface area contributed by atoms with Gasteiger partial charge >= 0.3 is 12.1 Å². The first kappa shape index (κ1) is 10.0. The Morgan fingerprint density at radius 3 is 2.31 bits per heavy atom. The van der Waals surface area contributed by atoms with Gasteiger partial charge in [0.2, 0.25) is 0 Å². The lowest BCUT2D eigenvalue weighted by Crippen LogP contribution is -2.22. The monoisotopic (exact) mass is 186 g/mol. The van der Waals surface area contributed by atoms with Crippen LogP contribution in [0.25, 0.3) is 0 Å². The van der Waals surface area contributed by atoms with Crippen LogP contribution in [-0.4, -0.2) is 18.2 Å². The Morgan fingerprint density at radius 1 is 1.15 bits per heavy atom. The van der Waals surface area contributed by atoms with Crippen LogP contribution < -0.4 is 0 Å². The van der Waals surface area contributed by atoms with E-state index in [1.807, 2.05) is 0 Å². The van der Waals surface area contributed by atoms with Crippen molar-refractivity contribution in [1.29, 1.82) is 0 Å². The standard InChI is InChI=1S/C9H14O4/c1-7(10)12-9(11)13-8-5-3-2-4-6-8/h8H,2-6H2,1H3. The zero-order valence-corrected chi connectivity index (χ0v) is 7.75. The Balaban J connectivity index is 2.22. The van der Waals surface area contributed by atoms with E-state index < -0.39 is 12.1 Å². The number of rotatable bonds is 1. The van der Waals surface area contributed by atoms with E-state index in [-0.39, 0.29) is 6.10 Å². The van der Waals surface area contributed by atoms with Crippen LogP contribution in [0.3, 0.4) is 0 Å². The zero-order chi connectivity index (χ0) is 9.68. The third-order valence-corrected chi connectivity index (χ3v) is 2.04. The van der Waals surface area contributed by atoms with Crippen LogP contribution in [0.1, 0.15) is 39.0 Å². The van der Waals surface area contributed by atoms with Crippen LogP contribution in [0.2, 0.25) is 0 Å². The molecule has 4 nitrogen and oxygen atoms in total. The molecule has 1 aliphatic rings. The summed E-state index contributed by atoms with van der Waals surface area (Å²) in [6.07, 6.45) is 4.21. The Hall–Kier alpha value is -1.06. The zero-order valence-electron chi connectivity index (χ0n) is 7.75. The van der Waals surface area contributed by atoms with Gasteiger partial charge in [-0.2, -0.15) is 0 Å². The fourth-order valence-corrected chi connectivity index (χ4v) is 1.46. The summed E-state index contributed by atoms with van der Waals surface area (Å²) in [6, 6.07) is 0. The van der Waals surface area contributed by atoms with Crippen LogP contribution in [0.15, 0.2) is 0 Å². The highest BCUT2D eigenvalue weighted by atomic mass is 16.7. The maximum absolute atomic E-state index is 10.9. The topological polar surface area (TPSA) is 52.6 Å². The van der Waals surface area contributed by atoms with Crippen molar-refractivity contribution in [3.05, 3.63) is 0 Å². The fraction of sp³-hybridized carbons (Fsp3) is 0.778. The van der Waals surface area contributed by atoms with Crippen molar-refractivity contribution in [3.8, 4) is 0 Å². The molecule has 4 heteroatoms. The van der Waals surface area contributed by atoms with Crippen LogP contribution in [0, 0.1) is 0 Å². The van der Waals surface area contributed by atoms with Gasteiger partial charge in [-0.3, -0.25) is 4.79 Å². The number of hydrogen-bond donors (Lipinski definition) is 0. The molecule has 0 radical (unpaired) electrons. The van der Waals surface area contributed by atoms with E-state index in [0.29, 0.717) is 0 Å². The van der Waals surface area contributed by atoms with Gasteiger partial charge < -0.3 is 9.47 Å². The van der Waals surface area contributed by atoms with Gasteiger partial charge in [-0.15, -0.1) is 0 Å². The lowest BCUT2D eigenvalue weighted by Gasteiger charge is -2.20. The number of carbonyl (C=O) groups is 2. The Bertz CT molecular complexity index is 194. The molecule has 0 atom stereocenters. The summed E-state index contributed by atoms with van der Waals surface area (Å²) in [4.78, 5) is 21.2. The summed E-state index contributed by atoms with van der Waals surface area (Å²) in [7, 11) is 0. The molecule has 0 bridgehead atoms. The average molecular weight is 186 g/mol. The van der Waals surface area contributed by atoms with E-state index in [1.165, 1.54) is 13.3 Å². The first-order valence-electron chi connectivity index (χ1n) is 4.57. The SMILES string of the molecule is CC(=O)OC(=O)OC1CCCCC1. The van der Waals surface area contributed by atoms with Crippen molar-refractivity contribution in [2.45, 2.75) is 45.1 Å². The second-order valence-electron chi connectivity index (χ2n) is 3.22. The summed E-state index contributed by atoms with van der Waals surface area (Å²) < 4.78 is 9.17. The molecule has 0 aromatic carbocycles. The summed E-state index contributed by atoms with van der Waals surface area (Å²) in [5.74, 6) is -0.624. The molecule has 0 aromatic rings. The highest BCUT2D eigenvalue weighted by Gasteiger charge is 2.19. The number of hydrogen-bond acceptors (Lipinski definition) is 4. The second kappa shape index (κ2) is 4.84. The molecule has 1 aliphatic carbocycles. The molecule has 1 fully saturated rings. The van der Waals surface area contributed by atoms with Gasteiger partial charge in [0.15, 0.2) is 0 Å². The molecule has 0 heterocycles. The van der Waals surface area contributed by atoms with Gasteiger partial charge in [0.05, 0.1) is 0 Å². The Kier molecular flexibility index (Phi) is 3.73. The quantitative estimate of drug-likeness (QED) is 0.464. The Labute approximate surface area is 77.2 Å². The highest BCUT2D eigenvalue weighted by Crippen LogP contribution is 2.20. The minimum absolute atomic E-state index is 0.0550. The molecular weight excluding hydrogens is 172 g/mol. The Morgan fingerprint density at radius 2 is 1.77 bits per heavy atom. The van der Waals surface area contributed by atoms with Crippen LogP contribution in [0.4, 0.5) is 4.79 Å². The van der Waals surface area contributed by atoms with Gasteiger partial charge in [0.25, 0.3) is 0 Å². The van der Waals surface area contributed by atoms with Gasteiger partial charge in [-0.05, 0) is 25.7 Å². The molecule has 13 heavy (non-hydrogen) atoms. The van der Waals surface area contributed by atoms with Crippen LogP contribution in [-0.2, 0) is 14.3 Å². The summed E-state index contributed by atoms with van der Waals surface area (Å²) in [5.41, 5.74) is 0. The van der Waals surface area contributed by atoms with Crippen LogP contribution in [0.5, 0.6) is 0 Å². The van der Waals surface area contributed by atoms with Gasteiger partial charge in [-0.25, -0.2) is 4.79 Å². The van der Waals surface area contributed by atoms with Crippen molar-refractivity contribution in [2.75, 3.05) is 0 Å². The van der Waals surface area contributed by atoms with Crippen LogP contribution >= 0.6 is 0 Å². The molecule has 1 saturated carbocycles. The summed E-state index contributed by atoms with van der Waals surface area (Å²) in [5, 5.41) is 0. The predicted octanol–water partition coefficient (Wildman–Crippen LogP) is 2.02. The molecule has 0 saturated heterocycles. The normalized spacial score (nSPS) is 17.9. The average Bonchev–Trinajstić information content (AvgIpc) is 2.04. The predicted molar refractivity (Wildman–Crippen MR) is 45.1 cm³/mol. The molecule has 1 rings (SSSR count). The molecule has 0 aliphatic heterocycles. The highest BCUT2D eigenvalue weighted by molar-refractivity contribution is 5.79. The number of carbonyl (C=O) groups excluding carboxylic acids is 2. The van der Waals surface area contributed by atoms with Crippen molar-refractivity contribution in [1.82, 2.24) is 0 Å². The molecule has 0 unspecified atom stereocenters. The van der Waals surface area contributed by atoms with E-state index in [2.05, 4.69) is 4.74 Å². The van der Waals surface area contributed by atoms with E-state index in [4.69, 9.17) is 4.74 Å². The second-order valence-corrected chi connectivity index (χ2v) is 3.22. The third-order valence-electron chi connectivity index (χ3n) is 2.04. The van der Waals surface area contributed by atoms with Crippen molar-refractivity contribution < 1.29 is 19.1 Å². The minimum Gasteiger partial charge on any atom is -0.431 e. The molecule has 0 N–H and O–H groups in total. The summed E-state index contributed by atoms with van der Waals surface area (Å²) in [6.45, 7) is 1.18. The van der Waals surface area contributed by atoms with E-state index >= 15 is 0 Å². The van der Waals surface area contributed by atoms with E-state index in [0.717, 1.165) is 25.7 Å². The van der Waals surface area contributed by atoms with Gasteiger partial charge in [-0.1, -0.05) is 6.42 Å². The lowest BCUT2D eigenvalue weighted by atomic mass is 9.98. The van der Waals surface area contributed by atoms with Crippen molar-refractivity contribution in [2.24, 2.45) is 0 Å². The van der Waals surface area contributed by atoms with E-state index in [9.17, 15) is 9.59 Å². The summed E-state index contributed by atoms with van der Waals surface area (Å²) >= 11 is 0. The molecule has 74 valence electrons. The minimum atomic E-state index is -0.862. The third kappa shape index (κ3) is 3.92. The smallest absolute Gasteiger partial charge is 0.431 e. The number of ether oxygens (including phenoxy) is 2. The van der Waals surface area contributed by atoms with E-state index in [1.54, 1.807) is 0 Å². The lowest BCUT2D eigenvalue weighted by molar-refractivity contribution is -0.138. The largest absolute Gasteiger partial charge is 0.516 e. The molecule has 0 amide bonds. The molecule has 0 spiro atoms. The first-order valence-corrected chi connectivity index (χ1v) is 4.57. The number of esters is 1. The van der Waals surface area contributed by atoms with Crippen molar-refractivity contribution in [3.63, 3.8) is 0 Å². The first-order chi connectivity index (χ1) is 6.18. The fourth-order valence-electron chi connectivity index (χ4n) is 1.46. The van der Waals surface area contributed by atoms with Gasteiger partial charge in [0, 0.05) is 6.92 Å². The van der Waals surface area contributed by atoms with Gasteiger partial charge in [0.1, 0.15) is 6.10 Å². The molecule has 0 aromatic heterocycles. The molecular formula is C9H14O4.